The van der Waals surface area contributed by atoms with E-state index in [1.54, 1.807) is 0 Å². The van der Waals surface area contributed by atoms with Gasteiger partial charge in [0.05, 0.1) is 5.69 Å². The predicted molar refractivity (Wildman–Crippen MR) is 202 cm³/mol. The van der Waals surface area contributed by atoms with Crippen molar-refractivity contribution in [3.8, 4) is 11.1 Å². The molecule has 0 saturated heterocycles. The summed E-state index contributed by atoms with van der Waals surface area (Å²) in [4.78, 5) is 2.42. The Bertz CT molecular complexity index is 2820. The summed E-state index contributed by atoms with van der Waals surface area (Å²) in [6.07, 6.45) is 0. The van der Waals surface area contributed by atoms with Crippen molar-refractivity contribution in [2.45, 2.75) is 0 Å². The van der Waals surface area contributed by atoms with Crippen molar-refractivity contribution in [1.82, 2.24) is 0 Å². The van der Waals surface area contributed by atoms with Crippen molar-refractivity contribution in [2.24, 2.45) is 0 Å². The third kappa shape index (κ3) is 4.10. The number of anilines is 3. The number of nitrogens with zero attached hydrogens (tertiary/aromatic N) is 1. The van der Waals surface area contributed by atoms with Crippen LogP contribution in [0.25, 0.3) is 74.8 Å². The molecule has 0 aliphatic heterocycles. The Hall–Kier alpha value is -5.90. The molecule has 2 heterocycles. The van der Waals surface area contributed by atoms with Crippen molar-refractivity contribution in [3.05, 3.63) is 164 Å². The molecule has 0 bridgehead atoms. The molecule has 2 aromatic heterocycles. The highest BCUT2D eigenvalue weighted by atomic mass is 32.1. The maximum absolute atomic E-state index is 6.55. The van der Waals surface area contributed by atoms with Gasteiger partial charge in [0, 0.05) is 53.1 Å². The lowest BCUT2D eigenvalue weighted by molar-refractivity contribution is 0.673. The maximum atomic E-state index is 6.55. The molecule has 47 heavy (non-hydrogen) atoms. The highest BCUT2D eigenvalue weighted by molar-refractivity contribution is 7.25. The molecule has 0 saturated carbocycles. The summed E-state index contributed by atoms with van der Waals surface area (Å²) >= 11 is 1.85. The average molecular weight is 618 g/mol. The molecule has 0 fully saturated rings. The van der Waals surface area contributed by atoms with Gasteiger partial charge in [-0.25, -0.2) is 0 Å². The van der Waals surface area contributed by atoms with E-state index in [1.165, 1.54) is 36.3 Å². The Morgan fingerprint density at radius 2 is 1.15 bits per heavy atom. The van der Waals surface area contributed by atoms with Crippen LogP contribution in [0.4, 0.5) is 17.1 Å². The van der Waals surface area contributed by atoms with E-state index in [0.29, 0.717) is 0 Å². The van der Waals surface area contributed by atoms with E-state index >= 15 is 0 Å². The normalized spacial score (nSPS) is 11.8. The summed E-state index contributed by atoms with van der Waals surface area (Å²) in [6, 6.07) is 59.1. The van der Waals surface area contributed by atoms with Crippen molar-refractivity contribution >= 4 is 92.1 Å². The van der Waals surface area contributed by atoms with E-state index in [0.717, 1.165) is 55.5 Å². The minimum Gasteiger partial charge on any atom is -0.455 e. The molecule has 0 aliphatic carbocycles. The van der Waals surface area contributed by atoms with E-state index in [-0.39, 0.29) is 0 Å². The minimum atomic E-state index is 0.903. The zero-order valence-electron chi connectivity index (χ0n) is 25.4. The Morgan fingerprint density at radius 1 is 0.447 bits per heavy atom. The van der Waals surface area contributed by atoms with Gasteiger partial charge in [0.2, 0.25) is 0 Å². The zero-order valence-corrected chi connectivity index (χ0v) is 26.2. The number of furan rings is 1. The fourth-order valence-corrected chi connectivity index (χ4v) is 8.38. The fraction of sp³-hybridized carbons (Fsp3) is 0. The summed E-state index contributed by atoms with van der Waals surface area (Å²) in [7, 11) is 0. The molecule has 0 aliphatic rings. The van der Waals surface area contributed by atoms with Gasteiger partial charge in [-0.15, -0.1) is 11.3 Å². The predicted octanol–water partition coefficient (Wildman–Crippen LogP) is 13.4. The third-order valence-corrected chi connectivity index (χ3v) is 10.6. The Morgan fingerprint density at radius 3 is 2.06 bits per heavy atom. The first-order valence-electron chi connectivity index (χ1n) is 15.9. The molecule has 0 spiro atoms. The number of fused-ring (bicyclic) bond motifs is 9. The lowest BCUT2D eigenvalue weighted by atomic mass is 9.97. The highest BCUT2D eigenvalue weighted by Crippen LogP contribution is 2.45. The van der Waals surface area contributed by atoms with Gasteiger partial charge >= 0.3 is 0 Å². The summed E-state index contributed by atoms with van der Waals surface area (Å²) in [5, 5.41) is 9.62. The molecule has 0 amide bonds. The minimum absolute atomic E-state index is 0.903. The molecule has 0 radical (unpaired) electrons. The maximum Gasteiger partial charge on any atom is 0.143 e. The van der Waals surface area contributed by atoms with Crippen molar-refractivity contribution in [2.75, 3.05) is 4.90 Å². The van der Waals surface area contributed by atoms with E-state index < -0.39 is 0 Å². The Balaban J connectivity index is 1.21. The molecule has 10 aromatic rings. The van der Waals surface area contributed by atoms with Gasteiger partial charge in [0.15, 0.2) is 0 Å². The molecule has 8 aromatic carbocycles. The van der Waals surface area contributed by atoms with Crippen LogP contribution < -0.4 is 4.90 Å². The lowest BCUT2D eigenvalue weighted by Crippen LogP contribution is -2.10. The van der Waals surface area contributed by atoms with E-state index in [9.17, 15) is 0 Å². The average Bonchev–Trinajstić information content (AvgIpc) is 3.71. The molecule has 10 rings (SSSR count). The van der Waals surface area contributed by atoms with Crippen LogP contribution in [0.5, 0.6) is 0 Å². The number of hydrogen-bond donors (Lipinski definition) is 0. The second kappa shape index (κ2) is 10.3. The molecule has 2 nitrogen and oxygen atoms in total. The number of rotatable bonds is 4. The van der Waals surface area contributed by atoms with Crippen LogP contribution in [0.15, 0.2) is 168 Å². The van der Waals surface area contributed by atoms with Crippen LogP contribution in [-0.2, 0) is 0 Å². The first-order chi connectivity index (χ1) is 23.3. The molecule has 220 valence electrons. The molecule has 3 heteroatoms. The first kappa shape index (κ1) is 26.3. The van der Waals surface area contributed by atoms with E-state index in [4.69, 9.17) is 4.42 Å². The van der Waals surface area contributed by atoms with Gasteiger partial charge < -0.3 is 9.32 Å². The molecular formula is C44H27NOS. The monoisotopic (exact) mass is 617 g/mol. The first-order valence-corrected chi connectivity index (χ1v) is 16.7. The van der Waals surface area contributed by atoms with Gasteiger partial charge in [-0.05, 0) is 76.5 Å². The van der Waals surface area contributed by atoms with E-state index in [1.807, 2.05) is 11.3 Å². The summed E-state index contributed by atoms with van der Waals surface area (Å²) < 4.78 is 9.16. The molecule has 0 atom stereocenters. The largest absolute Gasteiger partial charge is 0.455 e. The lowest BCUT2D eigenvalue weighted by Gasteiger charge is -2.27. The third-order valence-electron chi connectivity index (χ3n) is 9.43. The highest BCUT2D eigenvalue weighted by Gasteiger charge is 2.19. The van der Waals surface area contributed by atoms with Gasteiger partial charge in [-0.3, -0.25) is 0 Å². The van der Waals surface area contributed by atoms with Gasteiger partial charge in [-0.2, -0.15) is 0 Å². The standard InChI is InChI=1S/C44H27NOS/c1-3-15-33-28(10-1)12-8-19-39(33)45(32-23-25-42-38(27-32)36-17-5-6-21-41(36)47-42)31-14-7-13-30(26-31)34-18-9-20-40-43(34)37-24-22-29-11-2-4-16-35(29)44(37)46-40/h1-27H. The molecule has 0 unspecified atom stereocenters. The Kier molecular flexibility index (Phi) is 5.78. The zero-order chi connectivity index (χ0) is 30.9. The van der Waals surface area contributed by atoms with Crippen LogP contribution in [-0.4, -0.2) is 0 Å². The summed E-state index contributed by atoms with van der Waals surface area (Å²) in [5.41, 5.74) is 7.54. The van der Waals surface area contributed by atoms with Crippen molar-refractivity contribution in [1.29, 1.82) is 0 Å². The van der Waals surface area contributed by atoms with Crippen molar-refractivity contribution in [3.63, 3.8) is 0 Å². The van der Waals surface area contributed by atoms with Crippen molar-refractivity contribution < 1.29 is 4.42 Å². The fourth-order valence-electron chi connectivity index (χ4n) is 7.29. The van der Waals surface area contributed by atoms with Crippen LogP contribution in [0.2, 0.25) is 0 Å². The summed E-state index contributed by atoms with van der Waals surface area (Å²) in [6.45, 7) is 0. The van der Waals surface area contributed by atoms with Gasteiger partial charge in [0.25, 0.3) is 0 Å². The van der Waals surface area contributed by atoms with Gasteiger partial charge in [0.1, 0.15) is 11.2 Å². The quantitative estimate of drug-likeness (QED) is 0.195. The summed E-state index contributed by atoms with van der Waals surface area (Å²) in [5.74, 6) is 0. The number of hydrogen-bond acceptors (Lipinski definition) is 3. The van der Waals surface area contributed by atoms with Crippen LogP contribution in [0.1, 0.15) is 0 Å². The van der Waals surface area contributed by atoms with Gasteiger partial charge in [-0.1, -0.05) is 109 Å². The molecule has 0 N–H and O–H groups in total. The topological polar surface area (TPSA) is 16.4 Å². The van der Waals surface area contributed by atoms with E-state index in [2.05, 4.69) is 169 Å². The smallest absolute Gasteiger partial charge is 0.143 e. The second-order valence-corrected chi connectivity index (χ2v) is 13.2. The second-order valence-electron chi connectivity index (χ2n) is 12.1. The SMILES string of the molecule is c1cc(-c2cccc3oc4c5ccccc5ccc4c23)cc(N(c2ccc3sc4ccccc4c3c2)c2cccc3ccccc23)c1. The van der Waals surface area contributed by atoms with Crippen LogP contribution in [0.3, 0.4) is 0 Å². The van der Waals surface area contributed by atoms with Crippen LogP contribution >= 0.6 is 11.3 Å². The number of thiophene rings is 1. The number of benzene rings is 8. The Labute approximate surface area is 275 Å². The molecular weight excluding hydrogens is 591 g/mol. The van der Waals surface area contributed by atoms with Crippen LogP contribution in [0, 0.1) is 0 Å².